The molecule has 0 amide bonds. The molecule has 11 heteroatoms. The van der Waals surface area contributed by atoms with E-state index in [9.17, 15) is 0 Å². The summed E-state index contributed by atoms with van der Waals surface area (Å²) in [7, 11) is 0. The van der Waals surface area contributed by atoms with Crippen LogP contribution in [0.5, 0.6) is 0 Å². The molecule has 0 aromatic heterocycles. The second-order valence-corrected chi connectivity index (χ2v) is 5.10. The molecule has 0 radical (unpaired) electrons. The minimum atomic E-state index is -5.62. The maximum atomic E-state index is 8.94. The summed E-state index contributed by atoms with van der Waals surface area (Å²) in [4.78, 5) is 0. The van der Waals surface area contributed by atoms with E-state index >= 15 is 0 Å². The smallest absolute Gasteiger partial charge is 2.00 e. The first-order valence-corrected chi connectivity index (χ1v) is 7.95. The topological polar surface area (TPSA) is 161 Å². The van der Waals surface area contributed by atoms with E-state index < -0.39 is 29.0 Å². The molecule has 0 spiro atoms. The molecule has 4 N–H and O–H groups in total. The molecule has 0 saturated heterocycles. The van der Waals surface area contributed by atoms with Crippen LogP contribution in [0.4, 0.5) is 0 Å². The van der Waals surface area contributed by atoms with Crippen LogP contribution < -0.4 is 8.19 Å². The average Bonchev–Trinajstić information content (AvgIpc) is 1.12. The molecule has 0 atom stereocenters. The van der Waals surface area contributed by atoms with Gasteiger partial charge < -0.3 is 0 Å². The first-order valence-electron chi connectivity index (χ1n) is 1.53. The predicted molar refractivity (Wildman–Crippen MR) is 27.5 cm³/mol. The molecule has 11 heavy (non-hydrogen) atoms. The Balaban J connectivity index is -0.000000107. The van der Waals surface area contributed by atoms with Crippen molar-refractivity contribution in [2.45, 2.75) is 0 Å². The molecule has 0 rings (SSSR count). The van der Waals surface area contributed by atoms with Crippen LogP contribution in [0.25, 0.3) is 0 Å². The summed E-state index contributed by atoms with van der Waals surface area (Å²) < 4.78 is 63.9. The predicted octanol–water partition coefficient (Wildman–Crippen LogP) is -5.99. The van der Waals surface area contributed by atoms with Crippen molar-refractivity contribution >= 4 is 66.8 Å². The summed E-state index contributed by atoms with van der Waals surface area (Å²) in [6.45, 7) is 0. The van der Waals surface area contributed by atoms with E-state index in [2.05, 4.69) is 0 Å². The molecule has 0 fully saturated rings. The third-order valence-electron chi connectivity index (χ3n) is 0. The van der Waals surface area contributed by atoms with Crippen molar-refractivity contribution in [3.63, 3.8) is 0 Å². The molecule has 0 saturated carbocycles. The van der Waals surface area contributed by atoms with Gasteiger partial charge in [0.15, 0.2) is 0 Å². The second kappa shape index (κ2) is 7.17. The zero-order valence-corrected chi connectivity index (χ0v) is 11.0. The van der Waals surface area contributed by atoms with Crippen LogP contribution in [0.3, 0.4) is 0 Å². The van der Waals surface area contributed by atoms with Gasteiger partial charge in [0.05, 0.1) is 0 Å². The van der Waals surface area contributed by atoms with Gasteiger partial charge in [0.25, 0.3) is 0 Å². The van der Waals surface area contributed by atoms with E-state index in [0.29, 0.717) is 0 Å². The van der Waals surface area contributed by atoms with Crippen LogP contribution in [0.2, 0.25) is 0 Å². The molecule has 0 aliphatic heterocycles. The minimum absolute atomic E-state index is 0. The Morgan fingerprint density at radius 3 is 0.909 bits per heavy atom. The van der Waals surface area contributed by atoms with Gasteiger partial charge in [0, 0.05) is 0 Å². The first kappa shape index (κ1) is 18.5. The van der Waals surface area contributed by atoms with E-state index in [1.165, 1.54) is 0 Å². The fourth-order valence-corrected chi connectivity index (χ4v) is 0. The minimum Gasteiger partial charge on any atom is 2.00 e. The van der Waals surface area contributed by atoms with Gasteiger partial charge in [-0.05, 0) is 0 Å². The van der Waals surface area contributed by atoms with Crippen LogP contribution in [-0.2, 0) is 7.48 Å². The maximum Gasteiger partial charge on any atom is 2.00 e. The van der Waals surface area contributed by atoms with Crippen molar-refractivity contribution < 1.29 is 32.1 Å². The third kappa shape index (κ3) is 369. The Bertz CT molecular complexity index is 124. The Morgan fingerprint density at radius 2 is 0.909 bits per heavy atom. The van der Waals surface area contributed by atoms with Crippen LogP contribution in [0.15, 0.2) is 0 Å². The fourth-order valence-electron chi connectivity index (χ4n) is 0. The molecule has 0 bridgehead atoms. The van der Waals surface area contributed by atoms with Crippen molar-refractivity contribution in [2.24, 2.45) is 0 Å². The molecule has 0 aromatic rings. The number of rotatable bonds is 0. The summed E-state index contributed by atoms with van der Waals surface area (Å²) >= 11 is -10.8. The van der Waals surface area contributed by atoms with Crippen molar-refractivity contribution in [1.82, 2.24) is 0 Å². The monoisotopic (exact) mass is 322 g/mol. The number of hydrogen-bond donors (Lipinski definition) is 4. The Morgan fingerprint density at radius 1 is 0.909 bits per heavy atom. The summed E-state index contributed by atoms with van der Waals surface area (Å²) in [6.07, 6.45) is 0. The van der Waals surface area contributed by atoms with Gasteiger partial charge in [0.2, 0.25) is 0 Å². The molecular weight excluding hydrogens is 318 g/mol. The normalized spacial score (nSPS) is 10.7. The van der Waals surface area contributed by atoms with Crippen molar-refractivity contribution in [3.05, 3.63) is 0 Å². The maximum absolute atomic E-state index is 8.94. The zero-order chi connectivity index (χ0) is 9.00. The molecule has 0 unspecified atom stereocenters. The van der Waals surface area contributed by atoms with Gasteiger partial charge in [-0.2, -0.15) is 0 Å². The van der Waals surface area contributed by atoms with E-state index in [1.54, 1.807) is 0 Å². The van der Waals surface area contributed by atoms with Gasteiger partial charge in [0.1, 0.15) is 0 Å². The molecule has 0 aliphatic carbocycles. The van der Waals surface area contributed by atoms with Gasteiger partial charge in [-0.15, -0.1) is 0 Å². The van der Waals surface area contributed by atoms with Gasteiger partial charge >= 0.3 is 98.8 Å². The molecule has 0 aliphatic rings. The first-order chi connectivity index (χ1) is 4.00. The van der Waals surface area contributed by atoms with E-state index in [-0.39, 0.29) is 37.7 Å². The van der Waals surface area contributed by atoms with Crippen LogP contribution in [-0.4, -0.2) is 83.1 Å². The zero-order valence-electron chi connectivity index (χ0n) is 5.02. The Labute approximate surface area is 97.6 Å². The van der Waals surface area contributed by atoms with Crippen LogP contribution in [0, 0.1) is 0 Å². The second-order valence-electron chi connectivity index (χ2n) is 0.982. The van der Waals surface area contributed by atoms with E-state index in [4.69, 9.17) is 32.1 Å². The van der Waals surface area contributed by atoms with Gasteiger partial charge in [-0.3, -0.25) is 0 Å². The third-order valence-corrected chi connectivity index (χ3v) is 0. The molecule has 64 valence electrons. The fraction of sp³-hybridized carbons (Fsp3) is 0. The average molecular weight is 322 g/mol. The van der Waals surface area contributed by atoms with Crippen molar-refractivity contribution in [3.8, 4) is 0 Å². The molecule has 8 nitrogen and oxygen atoms in total. The largest absolute Gasteiger partial charge is 2.00 e. The SMILES string of the molecule is O=[As](O)(O)O.O=[As]([O-])([O-])O.[Ca+2]. The summed E-state index contributed by atoms with van der Waals surface area (Å²) in [5.74, 6) is 0. The summed E-state index contributed by atoms with van der Waals surface area (Å²) in [6, 6.07) is 0. The van der Waals surface area contributed by atoms with E-state index in [0.717, 1.165) is 0 Å². The van der Waals surface area contributed by atoms with E-state index in [1.807, 2.05) is 0 Å². The summed E-state index contributed by atoms with van der Waals surface area (Å²) in [5, 5.41) is 0. The Kier molecular flexibility index (Phi) is 12.1. The van der Waals surface area contributed by atoms with Crippen molar-refractivity contribution in [2.75, 3.05) is 0 Å². The van der Waals surface area contributed by atoms with Crippen LogP contribution in [0.1, 0.15) is 0 Å². The molecule has 0 aromatic carbocycles. The van der Waals surface area contributed by atoms with Crippen LogP contribution >= 0.6 is 0 Å². The quantitative estimate of drug-likeness (QED) is 0.320. The molecule has 0 heterocycles. The number of hydrogen-bond acceptors (Lipinski definition) is 4. The van der Waals surface area contributed by atoms with Gasteiger partial charge in [-0.1, -0.05) is 0 Å². The summed E-state index contributed by atoms with van der Waals surface area (Å²) in [5.41, 5.74) is 0. The Hall–Kier alpha value is 1.74. The molecular formula is H4As2CaO8. The van der Waals surface area contributed by atoms with Crippen molar-refractivity contribution in [1.29, 1.82) is 0 Å². The standard InChI is InChI=1S/2AsH3O4.Ca/c2*2-1(3,4)5;/h2*(H3,2,3,4,5);/q;;+2/p-2. The van der Waals surface area contributed by atoms with Gasteiger partial charge in [-0.25, -0.2) is 0 Å².